The minimum Gasteiger partial charge on any atom is -0.374 e. The molecule has 5 heteroatoms. The molecule has 0 spiro atoms. The topological polar surface area (TPSA) is 58.6 Å². The van der Waals surface area contributed by atoms with Crippen LogP contribution in [0.5, 0.6) is 0 Å². The monoisotopic (exact) mass is 328 g/mol. The van der Waals surface area contributed by atoms with E-state index in [1.807, 2.05) is 23.1 Å². The Morgan fingerprint density at radius 2 is 2.17 bits per heavy atom. The van der Waals surface area contributed by atoms with Crippen molar-refractivity contribution in [1.29, 1.82) is 0 Å². The van der Waals surface area contributed by atoms with E-state index < -0.39 is 0 Å². The molecule has 0 radical (unpaired) electrons. The maximum Gasteiger partial charge on any atom is 0.227 e. The van der Waals surface area contributed by atoms with Crippen molar-refractivity contribution in [3.05, 3.63) is 29.8 Å². The van der Waals surface area contributed by atoms with Crippen LogP contribution in [0.15, 0.2) is 24.3 Å². The van der Waals surface area contributed by atoms with Crippen LogP contribution in [0.4, 0.5) is 5.69 Å². The van der Waals surface area contributed by atoms with Gasteiger partial charge in [0, 0.05) is 24.6 Å². The summed E-state index contributed by atoms with van der Waals surface area (Å²) in [6, 6.07) is 8.16. The Kier molecular flexibility index (Phi) is 4.27. The number of nitrogens with zero attached hydrogens (tertiary/aromatic N) is 1. The van der Waals surface area contributed by atoms with Crippen LogP contribution in [0.1, 0.15) is 37.7 Å². The average Bonchev–Trinajstić information content (AvgIpc) is 3.08. The summed E-state index contributed by atoms with van der Waals surface area (Å²) in [6.45, 7) is 1.34. The Hall–Kier alpha value is -1.88. The second-order valence-electron chi connectivity index (χ2n) is 7.08. The molecule has 24 heavy (non-hydrogen) atoms. The maximum atomic E-state index is 12.7. The van der Waals surface area contributed by atoms with Crippen molar-refractivity contribution in [2.75, 3.05) is 18.5 Å². The highest BCUT2D eigenvalue weighted by atomic mass is 16.5. The van der Waals surface area contributed by atoms with Crippen LogP contribution in [0, 0.1) is 5.92 Å². The summed E-state index contributed by atoms with van der Waals surface area (Å²) in [4.78, 5) is 27.0. The zero-order valence-electron chi connectivity index (χ0n) is 13.9. The highest BCUT2D eigenvalue weighted by Crippen LogP contribution is 2.31. The summed E-state index contributed by atoms with van der Waals surface area (Å²) in [5, 5.41) is 2.97. The molecule has 1 aromatic rings. The molecular weight excluding hydrogens is 304 g/mol. The number of carbonyl (C=O) groups is 2. The number of anilines is 1. The molecule has 1 aliphatic carbocycles. The van der Waals surface area contributed by atoms with Crippen molar-refractivity contribution in [1.82, 2.24) is 4.90 Å². The number of morpholine rings is 1. The number of fused-ring (bicyclic) bond motifs is 2. The van der Waals surface area contributed by atoms with E-state index in [4.69, 9.17) is 4.74 Å². The third-order valence-electron chi connectivity index (χ3n) is 5.62. The summed E-state index contributed by atoms with van der Waals surface area (Å²) in [5.74, 6) is 0.119. The molecule has 1 aromatic carbocycles. The van der Waals surface area contributed by atoms with E-state index in [2.05, 4.69) is 11.4 Å². The third kappa shape index (κ3) is 2.93. The molecule has 0 aromatic heterocycles. The van der Waals surface area contributed by atoms with Gasteiger partial charge in [-0.15, -0.1) is 0 Å². The Balaban J connectivity index is 1.36. The minimum absolute atomic E-state index is 0.0437. The van der Waals surface area contributed by atoms with E-state index in [-0.39, 0.29) is 29.9 Å². The first-order valence-electron chi connectivity index (χ1n) is 9.02. The van der Waals surface area contributed by atoms with Crippen LogP contribution in [0.3, 0.4) is 0 Å². The first-order chi connectivity index (χ1) is 11.7. The zero-order valence-corrected chi connectivity index (χ0v) is 13.9. The fourth-order valence-corrected chi connectivity index (χ4v) is 4.32. The molecule has 4 rings (SSSR count). The van der Waals surface area contributed by atoms with Gasteiger partial charge >= 0.3 is 0 Å². The quantitative estimate of drug-likeness (QED) is 0.927. The van der Waals surface area contributed by atoms with Gasteiger partial charge in [-0.2, -0.15) is 0 Å². The number of hydrogen-bond donors (Lipinski definition) is 1. The van der Waals surface area contributed by atoms with Crippen LogP contribution in [0.25, 0.3) is 0 Å². The fraction of sp³-hybridized carbons (Fsp3) is 0.579. The van der Waals surface area contributed by atoms with E-state index in [0.717, 1.165) is 36.9 Å². The van der Waals surface area contributed by atoms with Crippen molar-refractivity contribution in [2.45, 2.75) is 50.7 Å². The van der Waals surface area contributed by atoms with Crippen molar-refractivity contribution >= 4 is 17.5 Å². The zero-order chi connectivity index (χ0) is 16.5. The molecule has 3 aliphatic rings. The molecule has 0 unspecified atom stereocenters. The van der Waals surface area contributed by atoms with Gasteiger partial charge in [0.15, 0.2) is 0 Å². The lowest BCUT2D eigenvalue weighted by molar-refractivity contribution is -0.144. The lowest BCUT2D eigenvalue weighted by Crippen LogP contribution is -2.51. The van der Waals surface area contributed by atoms with Gasteiger partial charge in [-0.3, -0.25) is 9.59 Å². The number of nitrogens with one attached hydrogen (secondary N) is 1. The first kappa shape index (κ1) is 15.6. The van der Waals surface area contributed by atoms with Gasteiger partial charge in [-0.1, -0.05) is 18.2 Å². The molecule has 1 N–H and O–H groups in total. The predicted molar refractivity (Wildman–Crippen MR) is 90.6 cm³/mol. The largest absolute Gasteiger partial charge is 0.374 e. The summed E-state index contributed by atoms with van der Waals surface area (Å²) >= 11 is 0. The smallest absolute Gasteiger partial charge is 0.227 e. The Bertz CT molecular complexity index is 645. The van der Waals surface area contributed by atoms with Crippen LogP contribution >= 0.6 is 0 Å². The molecule has 2 fully saturated rings. The van der Waals surface area contributed by atoms with E-state index >= 15 is 0 Å². The molecule has 2 aliphatic heterocycles. The summed E-state index contributed by atoms with van der Waals surface area (Å²) in [5.41, 5.74) is 2.07. The maximum absolute atomic E-state index is 12.7. The number of para-hydroxylation sites is 1. The SMILES string of the molecule is O=C1Nc2ccccc2C[C@@H]1CCC(=O)N1CCO[C@@H]2CCC[C@H]21. The van der Waals surface area contributed by atoms with Crippen molar-refractivity contribution in [3.8, 4) is 0 Å². The van der Waals surface area contributed by atoms with Gasteiger partial charge in [0.25, 0.3) is 0 Å². The molecular formula is C19H24N2O3. The molecule has 1 saturated carbocycles. The standard InChI is InChI=1S/C19H24N2O3/c22-18(21-10-11-24-17-7-3-6-16(17)21)9-8-14-12-13-4-1-2-5-15(13)20-19(14)23/h1-2,4-5,14,16-17H,3,6-12H2,(H,20,23)/t14-,16+,17+/m0/s1. The average molecular weight is 328 g/mol. The Morgan fingerprint density at radius 1 is 1.29 bits per heavy atom. The van der Waals surface area contributed by atoms with E-state index in [0.29, 0.717) is 26.0 Å². The number of carbonyl (C=O) groups excluding carboxylic acids is 2. The summed E-state index contributed by atoms with van der Waals surface area (Å²) in [7, 11) is 0. The Labute approximate surface area is 142 Å². The van der Waals surface area contributed by atoms with E-state index in [1.54, 1.807) is 0 Å². The van der Waals surface area contributed by atoms with Gasteiger partial charge in [-0.25, -0.2) is 0 Å². The van der Waals surface area contributed by atoms with E-state index in [1.165, 1.54) is 0 Å². The van der Waals surface area contributed by atoms with Crippen molar-refractivity contribution in [3.63, 3.8) is 0 Å². The van der Waals surface area contributed by atoms with Crippen molar-refractivity contribution in [2.24, 2.45) is 5.92 Å². The minimum atomic E-state index is -0.107. The van der Waals surface area contributed by atoms with Crippen molar-refractivity contribution < 1.29 is 14.3 Å². The van der Waals surface area contributed by atoms with Gasteiger partial charge in [0.1, 0.15) is 0 Å². The summed E-state index contributed by atoms with van der Waals surface area (Å²) in [6.07, 6.45) is 5.28. The molecule has 2 amide bonds. The number of ether oxygens (including phenoxy) is 1. The summed E-state index contributed by atoms with van der Waals surface area (Å²) < 4.78 is 5.77. The van der Waals surface area contributed by atoms with Gasteiger partial charge in [0.05, 0.1) is 18.8 Å². The molecule has 1 saturated heterocycles. The molecule has 0 bridgehead atoms. The lowest BCUT2D eigenvalue weighted by Gasteiger charge is -2.38. The van der Waals surface area contributed by atoms with Crippen LogP contribution in [-0.4, -0.2) is 42.0 Å². The van der Waals surface area contributed by atoms with E-state index in [9.17, 15) is 9.59 Å². The van der Waals surface area contributed by atoms with Gasteiger partial charge in [-0.05, 0) is 43.7 Å². The third-order valence-corrected chi connectivity index (χ3v) is 5.62. The Morgan fingerprint density at radius 3 is 3.08 bits per heavy atom. The molecule has 2 heterocycles. The fourth-order valence-electron chi connectivity index (χ4n) is 4.32. The number of hydrogen-bond acceptors (Lipinski definition) is 3. The van der Waals surface area contributed by atoms with Gasteiger partial charge in [0.2, 0.25) is 11.8 Å². The normalized spacial score (nSPS) is 28.9. The lowest BCUT2D eigenvalue weighted by atomic mass is 9.89. The van der Waals surface area contributed by atoms with Crippen LogP contribution in [-0.2, 0) is 20.7 Å². The van der Waals surface area contributed by atoms with Crippen LogP contribution < -0.4 is 5.32 Å². The highest BCUT2D eigenvalue weighted by Gasteiger charge is 2.38. The second kappa shape index (κ2) is 6.55. The second-order valence-corrected chi connectivity index (χ2v) is 7.08. The predicted octanol–water partition coefficient (Wildman–Crippen LogP) is 2.36. The van der Waals surface area contributed by atoms with Gasteiger partial charge < -0.3 is 15.0 Å². The number of benzene rings is 1. The van der Waals surface area contributed by atoms with Crippen LogP contribution in [0.2, 0.25) is 0 Å². The molecule has 5 nitrogen and oxygen atoms in total. The molecule has 3 atom stereocenters. The number of rotatable bonds is 3. The molecule has 128 valence electrons. The first-order valence-corrected chi connectivity index (χ1v) is 9.02. The highest BCUT2D eigenvalue weighted by molar-refractivity contribution is 5.96. The number of amides is 2.